The topological polar surface area (TPSA) is 41.4 Å². The Labute approximate surface area is 156 Å². The molecule has 4 rings (SSSR count). The predicted octanol–water partition coefficient (Wildman–Crippen LogP) is 5.33. The average Bonchev–Trinajstić information content (AvgIpc) is 3.18. The number of hydrogen-bond acceptors (Lipinski definition) is 5. The highest BCUT2D eigenvalue weighted by Gasteiger charge is 2.10. The van der Waals surface area contributed by atoms with Crippen LogP contribution in [0.3, 0.4) is 0 Å². The lowest BCUT2D eigenvalue weighted by Gasteiger charge is -2.20. The van der Waals surface area contributed by atoms with E-state index in [-0.39, 0.29) is 0 Å². The molecule has 2 heterocycles. The molecule has 5 heteroatoms. The minimum absolute atomic E-state index is 0.663. The Morgan fingerprint density at radius 3 is 2.62 bits per heavy atom. The van der Waals surface area contributed by atoms with E-state index in [4.69, 9.17) is 4.98 Å². The first kappa shape index (κ1) is 16.4. The summed E-state index contributed by atoms with van der Waals surface area (Å²) in [5.41, 5.74) is 2.96. The fraction of sp³-hybridized carbons (Fsp3) is 0.0952. The summed E-state index contributed by atoms with van der Waals surface area (Å²) >= 11 is 1.47. The van der Waals surface area contributed by atoms with E-state index in [1.165, 1.54) is 27.7 Å². The summed E-state index contributed by atoms with van der Waals surface area (Å²) in [6.07, 6.45) is 0. The maximum Gasteiger partial charge on any atom is 0.209 e. The molecule has 0 atom stereocenters. The number of aromatic nitrogens is 2. The summed E-state index contributed by atoms with van der Waals surface area (Å²) in [5.74, 6) is 0.913. The van der Waals surface area contributed by atoms with Crippen LogP contribution < -0.4 is 4.90 Å². The molecule has 0 radical (unpaired) electrons. The number of pyridine rings is 1. The van der Waals surface area contributed by atoms with Crippen molar-refractivity contribution in [3.05, 3.63) is 71.6 Å². The van der Waals surface area contributed by atoms with Gasteiger partial charge < -0.3 is 4.90 Å². The Hall–Kier alpha value is -3.05. The molecule has 4 aromatic rings. The summed E-state index contributed by atoms with van der Waals surface area (Å²) < 4.78 is 0. The van der Waals surface area contributed by atoms with Gasteiger partial charge in [-0.1, -0.05) is 48.5 Å². The van der Waals surface area contributed by atoms with Crippen molar-refractivity contribution in [2.24, 2.45) is 4.99 Å². The molecule has 0 aliphatic carbocycles. The highest BCUT2D eigenvalue weighted by atomic mass is 32.1. The normalized spacial score (nSPS) is 10.8. The molecule has 0 N–H and O–H groups in total. The molecule has 128 valence electrons. The van der Waals surface area contributed by atoms with Crippen molar-refractivity contribution >= 4 is 39.8 Å². The summed E-state index contributed by atoms with van der Waals surface area (Å²) in [5, 5.41) is 5.16. The highest BCUT2D eigenvalue weighted by molar-refractivity contribution is 7.13. The largest absolute Gasteiger partial charge is 0.355 e. The fourth-order valence-electron chi connectivity index (χ4n) is 3.00. The van der Waals surface area contributed by atoms with Crippen LogP contribution in [0.15, 0.2) is 71.0 Å². The quantitative estimate of drug-likeness (QED) is 0.453. The molecular formula is C21H18N4S. The van der Waals surface area contributed by atoms with E-state index in [0.717, 1.165) is 23.8 Å². The van der Waals surface area contributed by atoms with Crippen molar-refractivity contribution in [2.45, 2.75) is 6.54 Å². The van der Waals surface area contributed by atoms with Gasteiger partial charge in [0, 0.05) is 19.0 Å². The first-order valence-corrected chi connectivity index (χ1v) is 9.20. The van der Waals surface area contributed by atoms with E-state index in [1.807, 2.05) is 23.6 Å². The number of anilines is 1. The molecule has 0 saturated carbocycles. The maximum atomic E-state index is 4.77. The highest BCUT2D eigenvalue weighted by Crippen LogP contribution is 2.27. The third-order valence-electron chi connectivity index (χ3n) is 4.30. The van der Waals surface area contributed by atoms with Crippen molar-refractivity contribution in [3.63, 3.8) is 0 Å². The van der Waals surface area contributed by atoms with Gasteiger partial charge >= 0.3 is 0 Å². The van der Waals surface area contributed by atoms with Gasteiger partial charge in [-0.05, 0) is 35.2 Å². The van der Waals surface area contributed by atoms with Crippen LogP contribution in [0.25, 0.3) is 22.2 Å². The Balaban J connectivity index is 1.63. The zero-order valence-electron chi connectivity index (χ0n) is 14.5. The molecule has 0 aliphatic heterocycles. The van der Waals surface area contributed by atoms with Gasteiger partial charge in [-0.3, -0.25) is 0 Å². The second-order valence-electron chi connectivity index (χ2n) is 6.05. The van der Waals surface area contributed by atoms with Gasteiger partial charge in [-0.25, -0.2) is 15.0 Å². The summed E-state index contributed by atoms with van der Waals surface area (Å²) in [6, 6.07) is 20.9. The van der Waals surface area contributed by atoms with Crippen molar-refractivity contribution in [1.29, 1.82) is 0 Å². The van der Waals surface area contributed by atoms with Crippen LogP contribution in [0.4, 0.5) is 10.9 Å². The van der Waals surface area contributed by atoms with E-state index in [2.05, 4.69) is 71.1 Å². The van der Waals surface area contributed by atoms with Crippen molar-refractivity contribution in [1.82, 2.24) is 9.97 Å². The van der Waals surface area contributed by atoms with E-state index in [9.17, 15) is 0 Å². The Kier molecular flexibility index (Phi) is 4.46. The van der Waals surface area contributed by atoms with Crippen molar-refractivity contribution in [3.8, 4) is 11.4 Å². The first-order valence-electron chi connectivity index (χ1n) is 8.32. The molecule has 2 aromatic carbocycles. The number of benzene rings is 2. The van der Waals surface area contributed by atoms with Crippen molar-refractivity contribution < 1.29 is 0 Å². The molecule has 4 nitrogen and oxygen atoms in total. The van der Waals surface area contributed by atoms with Gasteiger partial charge in [0.15, 0.2) is 0 Å². The molecule has 0 fully saturated rings. The molecule has 0 bridgehead atoms. The number of hydrogen-bond donors (Lipinski definition) is 0. The predicted molar refractivity (Wildman–Crippen MR) is 111 cm³/mol. The standard InChI is InChI=1S/C21H18N4S/c1-22-21-24-19(14-26-21)18-11-6-12-20(23-18)25(2)13-16-9-5-8-15-7-3-4-10-17(15)16/h3-12,14H,1,13H2,2H3. The lowest BCUT2D eigenvalue weighted by Crippen LogP contribution is -2.18. The van der Waals surface area contributed by atoms with Gasteiger partial charge in [0.1, 0.15) is 11.5 Å². The molecule has 0 spiro atoms. The van der Waals surface area contributed by atoms with Gasteiger partial charge in [-0.15, -0.1) is 11.3 Å². The molecule has 0 aliphatic rings. The number of aliphatic imine (C=N–C) groups is 1. The minimum Gasteiger partial charge on any atom is -0.355 e. The second kappa shape index (κ2) is 7.06. The molecule has 0 unspecified atom stereocenters. The monoisotopic (exact) mass is 358 g/mol. The fourth-order valence-corrected chi connectivity index (χ4v) is 3.62. The van der Waals surface area contributed by atoms with E-state index in [1.54, 1.807) is 0 Å². The average molecular weight is 358 g/mol. The molecule has 26 heavy (non-hydrogen) atoms. The second-order valence-corrected chi connectivity index (χ2v) is 6.89. The van der Waals surface area contributed by atoms with Crippen LogP contribution in [0, 0.1) is 0 Å². The summed E-state index contributed by atoms with van der Waals surface area (Å²) in [4.78, 5) is 15.2. The van der Waals surface area contributed by atoms with E-state index >= 15 is 0 Å². The van der Waals surface area contributed by atoms with Crippen LogP contribution in [0.2, 0.25) is 0 Å². The van der Waals surface area contributed by atoms with E-state index in [0.29, 0.717) is 5.13 Å². The Morgan fingerprint density at radius 2 is 1.77 bits per heavy atom. The third-order valence-corrected chi connectivity index (χ3v) is 5.08. The van der Waals surface area contributed by atoms with Crippen LogP contribution in [0.1, 0.15) is 5.56 Å². The van der Waals surface area contributed by atoms with Crippen LogP contribution >= 0.6 is 11.3 Å². The molecule has 2 aromatic heterocycles. The SMILES string of the molecule is C=Nc1nc(-c2cccc(N(C)Cc3cccc4ccccc34)n2)cs1. The third kappa shape index (κ3) is 3.21. The van der Waals surface area contributed by atoms with Gasteiger partial charge in [0.05, 0.1) is 5.69 Å². The summed E-state index contributed by atoms with van der Waals surface area (Å²) in [7, 11) is 2.06. The Morgan fingerprint density at radius 1 is 0.962 bits per heavy atom. The number of rotatable bonds is 5. The van der Waals surface area contributed by atoms with Crippen LogP contribution in [-0.4, -0.2) is 23.7 Å². The lowest BCUT2D eigenvalue weighted by atomic mass is 10.0. The Bertz CT molecular complexity index is 1070. The van der Waals surface area contributed by atoms with Crippen LogP contribution in [0.5, 0.6) is 0 Å². The van der Waals surface area contributed by atoms with Gasteiger partial charge in [0.25, 0.3) is 0 Å². The van der Waals surface area contributed by atoms with Crippen molar-refractivity contribution in [2.75, 3.05) is 11.9 Å². The minimum atomic E-state index is 0.663. The first-order chi connectivity index (χ1) is 12.7. The zero-order chi connectivity index (χ0) is 17.9. The molecule has 0 amide bonds. The lowest BCUT2D eigenvalue weighted by molar-refractivity contribution is 0.905. The van der Waals surface area contributed by atoms with Gasteiger partial charge in [0.2, 0.25) is 5.13 Å². The molecular weight excluding hydrogens is 340 g/mol. The summed E-state index contributed by atoms with van der Waals surface area (Å²) in [6.45, 7) is 4.31. The van der Waals surface area contributed by atoms with Gasteiger partial charge in [-0.2, -0.15) is 0 Å². The zero-order valence-corrected chi connectivity index (χ0v) is 15.3. The smallest absolute Gasteiger partial charge is 0.209 e. The maximum absolute atomic E-state index is 4.77. The molecule has 0 saturated heterocycles. The van der Waals surface area contributed by atoms with Crippen LogP contribution in [-0.2, 0) is 6.54 Å². The van der Waals surface area contributed by atoms with E-state index < -0.39 is 0 Å². The number of fused-ring (bicyclic) bond motifs is 1. The number of nitrogens with zero attached hydrogens (tertiary/aromatic N) is 4. The number of thiazole rings is 1.